The van der Waals surface area contributed by atoms with Gasteiger partial charge in [-0.25, -0.2) is 0 Å². The number of nitrogens with zero attached hydrogens (tertiary/aromatic N) is 1. The summed E-state index contributed by atoms with van der Waals surface area (Å²) >= 11 is 0. The van der Waals surface area contributed by atoms with Gasteiger partial charge in [0.2, 0.25) is 0 Å². The number of pyridine rings is 1. The highest BCUT2D eigenvalue weighted by molar-refractivity contribution is 5.94. The van der Waals surface area contributed by atoms with E-state index < -0.39 is 0 Å². The molecule has 0 unspecified atom stereocenters. The average molecular weight is 359 g/mol. The second kappa shape index (κ2) is 7.54. The Morgan fingerprint density at radius 1 is 1.15 bits per heavy atom. The summed E-state index contributed by atoms with van der Waals surface area (Å²) < 4.78 is 0. The maximum absolute atomic E-state index is 12.5. The van der Waals surface area contributed by atoms with Crippen LogP contribution in [-0.4, -0.2) is 29.0 Å². The SMILES string of the molecule is Cc1cc(C#Cc2ccc(C(=O)NCC3(NC4CC4)CCC3)cc2)ccn1. The zero-order valence-corrected chi connectivity index (χ0v) is 15.7. The van der Waals surface area contributed by atoms with Gasteiger partial charge in [0.1, 0.15) is 0 Å². The first-order valence-electron chi connectivity index (χ1n) is 9.73. The van der Waals surface area contributed by atoms with E-state index in [-0.39, 0.29) is 11.4 Å². The van der Waals surface area contributed by atoms with Crippen LogP contribution in [0.15, 0.2) is 42.6 Å². The van der Waals surface area contributed by atoms with Crippen molar-refractivity contribution < 1.29 is 4.79 Å². The molecule has 4 rings (SSSR count). The molecule has 1 heterocycles. The number of benzene rings is 1. The molecular formula is C23H25N3O. The van der Waals surface area contributed by atoms with Crippen molar-refractivity contribution >= 4 is 5.91 Å². The first-order valence-corrected chi connectivity index (χ1v) is 9.73. The van der Waals surface area contributed by atoms with Gasteiger partial charge < -0.3 is 10.6 Å². The minimum atomic E-state index is -0.0110. The van der Waals surface area contributed by atoms with Crippen molar-refractivity contribution in [2.45, 2.75) is 50.6 Å². The zero-order valence-electron chi connectivity index (χ0n) is 15.7. The molecule has 2 aliphatic rings. The molecule has 27 heavy (non-hydrogen) atoms. The third-order valence-electron chi connectivity index (χ3n) is 5.38. The number of hydrogen-bond donors (Lipinski definition) is 2. The molecule has 138 valence electrons. The summed E-state index contributed by atoms with van der Waals surface area (Å²) in [5.74, 6) is 6.26. The second-order valence-electron chi connectivity index (χ2n) is 7.75. The Morgan fingerprint density at radius 3 is 2.52 bits per heavy atom. The number of aromatic nitrogens is 1. The van der Waals surface area contributed by atoms with E-state index in [9.17, 15) is 4.79 Å². The van der Waals surface area contributed by atoms with Gasteiger partial charge in [-0.3, -0.25) is 9.78 Å². The number of aryl methyl sites for hydroxylation is 1. The maximum atomic E-state index is 12.5. The average Bonchev–Trinajstić information content (AvgIpc) is 3.46. The molecule has 2 aliphatic carbocycles. The molecule has 2 saturated carbocycles. The fourth-order valence-electron chi connectivity index (χ4n) is 3.46. The lowest BCUT2D eigenvalue weighted by Gasteiger charge is -2.43. The largest absolute Gasteiger partial charge is 0.350 e. The van der Waals surface area contributed by atoms with Crippen molar-refractivity contribution in [2.24, 2.45) is 0 Å². The van der Waals surface area contributed by atoms with Gasteiger partial charge in [-0.15, -0.1) is 0 Å². The van der Waals surface area contributed by atoms with E-state index in [1.807, 2.05) is 43.3 Å². The van der Waals surface area contributed by atoms with Crippen LogP contribution in [-0.2, 0) is 0 Å². The number of carbonyl (C=O) groups is 1. The predicted octanol–water partition coefficient (Wildman–Crippen LogP) is 3.19. The number of hydrogen-bond acceptors (Lipinski definition) is 3. The minimum absolute atomic E-state index is 0.0110. The van der Waals surface area contributed by atoms with E-state index in [4.69, 9.17) is 0 Å². The molecule has 0 saturated heterocycles. The molecule has 0 radical (unpaired) electrons. The monoisotopic (exact) mass is 359 g/mol. The third-order valence-corrected chi connectivity index (χ3v) is 5.38. The van der Waals surface area contributed by atoms with Crippen molar-refractivity contribution in [3.8, 4) is 11.8 Å². The highest BCUT2D eigenvalue weighted by atomic mass is 16.1. The molecule has 0 atom stereocenters. The molecule has 4 nitrogen and oxygen atoms in total. The quantitative estimate of drug-likeness (QED) is 0.806. The Kier molecular flexibility index (Phi) is 4.96. The summed E-state index contributed by atoms with van der Waals surface area (Å²) in [7, 11) is 0. The molecule has 2 fully saturated rings. The van der Waals surface area contributed by atoms with Crippen LogP contribution >= 0.6 is 0 Å². The summed E-state index contributed by atoms with van der Waals surface area (Å²) in [5, 5.41) is 6.83. The Morgan fingerprint density at radius 2 is 1.89 bits per heavy atom. The molecule has 2 N–H and O–H groups in total. The van der Waals surface area contributed by atoms with E-state index in [0.717, 1.165) is 29.7 Å². The second-order valence-corrected chi connectivity index (χ2v) is 7.75. The fraction of sp³-hybridized carbons (Fsp3) is 0.391. The molecule has 2 aromatic rings. The van der Waals surface area contributed by atoms with E-state index in [0.29, 0.717) is 18.2 Å². The number of carbonyl (C=O) groups excluding carboxylic acids is 1. The van der Waals surface area contributed by atoms with Crippen molar-refractivity contribution in [3.05, 3.63) is 65.0 Å². The molecule has 1 amide bonds. The highest BCUT2D eigenvalue weighted by Crippen LogP contribution is 2.35. The molecule has 1 aromatic heterocycles. The summed E-state index contributed by atoms with van der Waals surface area (Å²) in [5.41, 5.74) is 3.60. The first-order chi connectivity index (χ1) is 13.1. The Bertz CT molecular complexity index is 884. The topological polar surface area (TPSA) is 54.0 Å². The van der Waals surface area contributed by atoms with E-state index >= 15 is 0 Å². The van der Waals surface area contributed by atoms with Gasteiger partial charge in [-0.2, -0.15) is 0 Å². The Balaban J connectivity index is 1.35. The van der Waals surface area contributed by atoms with Crippen molar-refractivity contribution in [3.63, 3.8) is 0 Å². The highest BCUT2D eigenvalue weighted by Gasteiger charge is 2.41. The lowest BCUT2D eigenvalue weighted by Crippen LogP contribution is -2.58. The third kappa shape index (κ3) is 4.56. The smallest absolute Gasteiger partial charge is 0.251 e. The van der Waals surface area contributed by atoms with Crippen LogP contribution in [0.2, 0.25) is 0 Å². The Labute approximate surface area is 160 Å². The standard InChI is InChI=1S/C23H25N3O/c1-17-15-19(11-14-24-17)4-3-18-5-7-20(8-6-18)22(27)25-16-23(12-2-13-23)26-21-9-10-21/h5-8,11,14-15,21,26H,2,9-10,12-13,16H2,1H3,(H,25,27). The lowest BCUT2D eigenvalue weighted by molar-refractivity contribution is 0.0911. The van der Waals surface area contributed by atoms with Crippen LogP contribution in [0.3, 0.4) is 0 Å². The van der Waals surface area contributed by atoms with Crippen LogP contribution in [0.5, 0.6) is 0 Å². The molecule has 0 spiro atoms. The van der Waals surface area contributed by atoms with Crippen LogP contribution in [0, 0.1) is 18.8 Å². The molecule has 4 heteroatoms. The molecule has 0 aliphatic heterocycles. The maximum Gasteiger partial charge on any atom is 0.251 e. The normalized spacial score (nSPS) is 17.4. The van der Waals surface area contributed by atoms with Crippen LogP contribution in [0.25, 0.3) is 0 Å². The summed E-state index contributed by atoms with van der Waals surface area (Å²) in [6.45, 7) is 2.66. The predicted molar refractivity (Wildman–Crippen MR) is 106 cm³/mol. The summed E-state index contributed by atoms with van der Waals surface area (Å²) in [6, 6.07) is 12.0. The first kappa shape index (κ1) is 17.8. The van der Waals surface area contributed by atoms with Gasteiger partial charge in [0, 0.05) is 46.7 Å². The summed E-state index contributed by atoms with van der Waals surface area (Å²) in [4.78, 5) is 16.7. The number of rotatable bonds is 5. The van der Waals surface area contributed by atoms with Gasteiger partial charge in [-0.1, -0.05) is 11.8 Å². The molecule has 0 bridgehead atoms. The van der Waals surface area contributed by atoms with Crippen molar-refractivity contribution in [1.29, 1.82) is 0 Å². The van der Waals surface area contributed by atoms with Gasteiger partial charge in [-0.05, 0) is 75.4 Å². The van der Waals surface area contributed by atoms with Crippen LogP contribution in [0.1, 0.15) is 59.3 Å². The minimum Gasteiger partial charge on any atom is -0.350 e. The van der Waals surface area contributed by atoms with Crippen molar-refractivity contribution in [1.82, 2.24) is 15.6 Å². The molecular weight excluding hydrogens is 334 g/mol. The lowest BCUT2D eigenvalue weighted by atomic mass is 9.76. The Hall–Kier alpha value is -2.64. The van der Waals surface area contributed by atoms with Gasteiger partial charge in [0.25, 0.3) is 5.91 Å². The van der Waals surface area contributed by atoms with E-state index in [2.05, 4.69) is 27.5 Å². The van der Waals surface area contributed by atoms with Gasteiger partial charge in [0.05, 0.1) is 0 Å². The van der Waals surface area contributed by atoms with Crippen LogP contribution in [0.4, 0.5) is 0 Å². The van der Waals surface area contributed by atoms with Crippen LogP contribution < -0.4 is 10.6 Å². The summed E-state index contributed by atoms with van der Waals surface area (Å²) in [6.07, 6.45) is 7.88. The van der Waals surface area contributed by atoms with E-state index in [1.54, 1.807) is 6.20 Å². The van der Waals surface area contributed by atoms with Gasteiger partial charge >= 0.3 is 0 Å². The van der Waals surface area contributed by atoms with Crippen molar-refractivity contribution in [2.75, 3.05) is 6.54 Å². The van der Waals surface area contributed by atoms with E-state index in [1.165, 1.54) is 19.3 Å². The zero-order chi connectivity index (χ0) is 18.7. The number of nitrogens with one attached hydrogen (secondary N) is 2. The number of amides is 1. The molecule has 1 aromatic carbocycles. The van der Waals surface area contributed by atoms with Gasteiger partial charge in [0.15, 0.2) is 0 Å². The fourth-order valence-corrected chi connectivity index (χ4v) is 3.46.